The van der Waals surface area contributed by atoms with Crippen LogP contribution in [0.25, 0.3) is 0 Å². The first kappa shape index (κ1) is 14.1. The van der Waals surface area contributed by atoms with Crippen molar-refractivity contribution in [2.24, 2.45) is 0 Å². The van der Waals surface area contributed by atoms with E-state index in [9.17, 15) is 9.59 Å². The van der Waals surface area contributed by atoms with Gasteiger partial charge in [0.1, 0.15) is 6.61 Å². The van der Waals surface area contributed by atoms with E-state index in [2.05, 4.69) is 4.74 Å². The van der Waals surface area contributed by atoms with E-state index in [0.29, 0.717) is 19.5 Å². The fraction of sp³-hybridized carbons (Fsp3) is 0.333. The number of hydrogen-bond donors (Lipinski definition) is 0. The second-order valence-electron chi connectivity index (χ2n) is 4.54. The largest absolute Gasteiger partial charge is 0.466 e. The first-order valence-electron chi connectivity index (χ1n) is 6.42. The summed E-state index contributed by atoms with van der Waals surface area (Å²) in [6.45, 7) is 1.24. The summed E-state index contributed by atoms with van der Waals surface area (Å²) in [5, 5.41) is 0. The van der Waals surface area contributed by atoms with Crippen LogP contribution in [0.1, 0.15) is 12.0 Å². The second-order valence-corrected chi connectivity index (χ2v) is 4.54. The van der Waals surface area contributed by atoms with Crippen LogP contribution in [-0.2, 0) is 20.9 Å². The third-order valence-corrected chi connectivity index (χ3v) is 3.08. The highest BCUT2D eigenvalue weighted by molar-refractivity contribution is 5.83. The topological polar surface area (TPSA) is 55.8 Å². The van der Waals surface area contributed by atoms with E-state index in [-0.39, 0.29) is 18.7 Å². The zero-order valence-corrected chi connectivity index (χ0v) is 11.4. The number of benzene rings is 1. The molecule has 106 valence electrons. The van der Waals surface area contributed by atoms with Crippen LogP contribution in [0.4, 0.5) is 4.79 Å². The normalized spacial score (nSPS) is 16.2. The summed E-state index contributed by atoms with van der Waals surface area (Å²) in [5.41, 5.74) is 1.83. The number of nitrogens with zero attached hydrogens (tertiary/aromatic N) is 1. The van der Waals surface area contributed by atoms with Crippen molar-refractivity contribution >= 4 is 12.1 Å². The Morgan fingerprint density at radius 3 is 2.75 bits per heavy atom. The molecule has 5 heteroatoms. The van der Waals surface area contributed by atoms with E-state index < -0.39 is 0 Å². The molecule has 20 heavy (non-hydrogen) atoms. The van der Waals surface area contributed by atoms with Crippen molar-refractivity contribution in [3.8, 4) is 0 Å². The number of carbonyl (C=O) groups is 2. The van der Waals surface area contributed by atoms with Crippen molar-refractivity contribution in [3.63, 3.8) is 0 Å². The molecule has 0 bridgehead atoms. The van der Waals surface area contributed by atoms with E-state index in [1.165, 1.54) is 13.2 Å². The maximum atomic E-state index is 11.9. The molecule has 0 spiro atoms. The van der Waals surface area contributed by atoms with E-state index >= 15 is 0 Å². The summed E-state index contributed by atoms with van der Waals surface area (Å²) < 4.78 is 9.80. The van der Waals surface area contributed by atoms with Gasteiger partial charge in [0, 0.05) is 19.2 Å². The highest BCUT2D eigenvalue weighted by atomic mass is 16.6. The molecular weight excluding hydrogens is 258 g/mol. The van der Waals surface area contributed by atoms with E-state index in [1.807, 2.05) is 30.3 Å². The lowest BCUT2D eigenvalue weighted by Crippen LogP contribution is -2.28. The molecule has 0 radical (unpaired) electrons. The minimum atomic E-state index is -0.389. The Balaban J connectivity index is 1.83. The van der Waals surface area contributed by atoms with Crippen LogP contribution >= 0.6 is 0 Å². The maximum Gasteiger partial charge on any atom is 0.410 e. The third-order valence-electron chi connectivity index (χ3n) is 3.08. The van der Waals surface area contributed by atoms with Gasteiger partial charge >= 0.3 is 12.1 Å². The van der Waals surface area contributed by atoms with Gasteiger partial charge in [0.05, 0.1) is 7.11 Å². The lowest BCUT2D eigenvalue weighted by molar-refractivity contribution is -0.134. The van der Waals surface area contributed by atoms with Crippen molar-refractivity contribution in [1.82, 2.24) is 4.90 Å². The van der Waals surface area contributed by atoms with Crippen molar-refractivity contribution in [3.05, 3.63) is 47.5 Å². The molecule has 1 aliphatic heterocycles. The number of amides is 1. The highest BCUT2D eigenvalue weighted by Crippen LogP contribution is 2.16. The van der Waals surface area contributed by atoms with E-state index in [1.54, 1.807) is 4.90 Å². The smallest absolute Gasteiger partial charge is 0.410 e. The summed E-state index contributed by atoms with van der Waals surface area (Å²) in [7, 11) is 1.33. The van der Waals surface area contributed by atoms with Gasteiger partial charge in [0.25, 0.3) is 0 Å². The number of ether oxygens (including phenoxy) is 2. The van der Waals surface area contributed by atoms with Gasteiger partial charge in [-0.1, -0.05) is 30.3 Å². The molecule has 0 unspecified atom stereocenters. The quantitative estimate of drug-likeness (QED) is 0.626. The standard InChI is InChI=1S/C15H17NO4/c1-19-14(17)9-13-7-8-16(10-13)15(18)20-11-12-5-3-2-4-6-12/h2-6,9H,7-8,10-11H2,1H3/b13-9-. The van der Waals surface area contributed by atoms with Crippen LogP contribution in [-0.4, -0.2) is 37.2 Å². The molecule has 0 N–H and O–H groups in total. The Bertz CT molecular complexity index is 510. The molecule has 1 heterocycles. The zero-order chi connectivity index (χ0) is 14.4. The van der Waals surface area contributed by atoms with Crippen molar-refractivity contribution in [2.45, 2.75) is 13.0 Å². The summed E-state index contributed by atoms with van der Waals surface area (Å²) in [6.07, 6.45) is 1.75. The monoisotopic (exact) mass is 275 g/mol. The Labute approximate surface area is 117 Å². The number of esters is 1. The van der Waals surface area contributed by atoms with Gasteiger partial charge < -0.3 is 14.4 Å². The van der Waals surface area contributed by atoms with Gasteiger partial charge in [0.2, 0.25) is 0 Å². The summed E-state index contributed by atoms with van der Waals surface area (Å²) in [4.78, 5) is 24.6. The predicted molar refractivity (Wildman–Crippen MR) is 72.9 cm³/mol. The van der Waals surface area contributed by atoms with Gasteiger partial charge in [-0.25, -0.2) is 9.59 Å². The molecule has 1 aliphatic rings. The van der Waals surface area contributed by atoms with Crippen LogP contribution in [0.3, 0.4) is 0 Å². The zero-order valence-electron chi connectivity index (χ0n) is 11.4. The molecule has 0 aliphatic carbocycles. The number of likely N-dealkylation sites (tertiary alicyclic amines) is 1. The Hall–Kier alpha value is -2.30. The van der Waals surface area contributed by atoms with Gasteiger partial charge in [-0.2, -0.15) is 0 Å². The maximum absolute atomic E-state index is 11.9. The Morgan fingerprint density at radius 1 is 1.30 bits per heavy atom. The molecule has 0 saturated carbocycles. The molecule has 1 saturated heterocycles. The first-order chi connectivity index (χ1) is 9.69. The average molecular weight is 275 g/mol. The first-order valence-corrected chi connectivity index (χ1v) is 6.42. The van der Waals surface area contributed by atoms with Crippen LogP contribution in [0, 0.1) is 0 Å². The number of hydrogen-bond acceptors (Lipinski definition) is 4. The van der Waals surface area contributed by atoms with Crippen LogP contribution in [0.15, 0.2) is 42.0 Å². The minimum Gasteiger partial charge on any atom is -0.466 e. The molecule has 1 fully saturated rings. The summed E-state index contributed by atoms with van der Waals surface area (Å²) >= 11 is 0. The van der Waals surface area contributed by atoms with Crippen LogP contribution in [0.5, 0.6) is 0 Å². The van der Waals surface area contributed by atoms with Gasteiger partial charge in [-0.05, 0) is 17.6 Å². The van der Waals surface area contributed by atoms with Gasteiger partial charge in [0.15, 0.2) is 0 Å². The van der Waals surface area contributed by atoms with Crippen molar-refractivity contribution < 1.29 is 19.1 Å². The lowest BCUT2D eigenvalue weighted by atomic mass is 10.2. The van der Waals surface area contributed by atoms with Crippen molar-refractivity contribution in [1.29, 1.82) is 0 Å². The average Bonchev–Trinajstić information content (AvgIpc) is 2.94. The molecule has 2 rings (SSSR count). The lowest BCUT2D eigenvalue weighted by Gasteiger charge is -2.14. The SMILES string of the molecule is COC(=O)/C=C1/CCN(C(=O)OCc2ccccc2)C1. The summed E-state index contributed by atoms with van der Waals surface area (Å²) in [6, 6.07) is 9.52. The molecular formula is C15H17NO4. The number of rotatable bonds is 3. The highest BCUT2D eigenvalue weighted by Gasteiger charge is 2.23. The molecule has 5 nitrogen and oxygen atoms in total. The van der Waals surface area contributed by atoms with Gasteiger partial charge in [-0.15, -0.1) is 0 Å². The summed E-state index contributed by atoms with van der Waals surface area (Å²) in [5.74, 6) is -0.389. The molecule has 0 atom stereocenters. The van der Waals surface area contributed by atoms with Crippen LogP contribution < -0.4 is 0 Å². The van der Waals surface area contributed by atoms with E-state index in [4.69, 9.17) is 4.74 Å². The Kier molecular flexibility index (Phi) is 4.76. The molecule has 1 aromatic rings. The van der Waals surface area contributed by atoms with Crippen LogP contribution in [0.2, 0.25) is 0 Å². The number of methoxy groups -OCH3 is 1. The predicted octanol–water partition coefficient (Wildman–Crippen LogP) is 2.13. The molecule has 0 aromatic heterocycles. The fourth-order valence-corrected chi connectivity index (χ4v) is 1.99. The third kappa shape index (κ3) is 3.85. The molecule has 1 aromatic carbocycles. The van der Waals surface area contributed by atoms with Gasteiger partial charge in [-0.3, -0.25) is 0 Å². The van der Waals surface area contributed by atoms with Crippen molar-refractivity contribution in [2.75, 3.05) is 20.2 Å². The fourth-order valence-electron chi connectivity index (χ4n) is 1.99. The minimum absolute atomic E-state index is 0.256. The number of carbonyl (C=O) groups excluding carboxylic acids is 2. The second kappa shape index (κ2) is 6.75. The van der Waals surface area contributed by atoms with E-state index in [0.717, 1.165) is 11.1 Å². The molecule has 1 amide bonds. The Morgan fingerprint density at radius 2 is 2.05 bits per heavy atom.